The molecule has 0 unspecified atom stereocenters. The molecule has 0 saturated heterocycles. The van der Waals surface area contributed by atoms with E-state index in [0.29, 0.717) is 49.4 Å². The molecule has 0 radical (unpaired) electrons. The molecule has 116 valence electrons. The molecule has 1 aromatic rings. The number of benzene rings is 1. The number of carbonyl (C=O) groups is 2. The molecule has 0 bridgehead atoms. The maximum absolute atomic E-state index is 12.2. The Morgan fingerprint density at radius 2 is 1.76 bits per heavy atom. The van der Waals surface area contributed by atoms with Crippen LogP contribution in [-0.2, 0) is 9.53 Å². The van der Waals surface area contributed by atoms with Gasteiger partial charge in [0.25, 0.3) is 0 Å². The minimum Gasteiger partial charge on any atom is -0.497 e. The summed E-state index contributed by atoms with van der Waals surface area (Å²) in [6.07, 6.45) is 2.01. The van der Waals surface area contributed by atoms with Gasteiger partial charge in [-0.3, -0.25) is 9.59 Å². The van der Waals surface area contributed by atoms with E-state index in [4.69, 9.17) is 14.2 Å². The van der Waals surface area contributed by atoms with E-state index in [9.17, 15) is 9.59 Å². The van der Waals surface area contributed by atoms with Gasteiger partial charge >= 0.3 is 5.97 Å². The van der Waals surface area contributed by atoms with Crippen molar-refractivity contribution in [3.8, 4) is 11.5 Å². The highest BCUT2D eigenvalue weighted by Crippen LogP contribution is 2.26. The average molecular weight is 294 g/mol. The third-order valence-corrected chi connectivity index (χ3v) is 3.05. The van der Waals surface area contributed by atoms with Gasteiger partial charge in [-0.25, -0.2) is 0 Å². The lowest BCUT2D eigenvalue weighted by atomic mass is 10.0. The molecule has 0 N–H and O–H groups in total. The summed E-state index contributed by atoms with van der Waals surface area (Å²) in [5.41, 5.74) is 0.537. The van der Waals surface area contributed by atoms with Gasteiger partial charge in [0.15, 0.2) is 5.78 Å². The number of hydrogen-bond acceptors (Lipinski definition) is 5. The van der Waals surface area contributed by atoms with Crippen LogP contribution in [-0.4, -0.2) is 32.6 Å². The molecule has 0 fully saturated rings. The molecule has 21 heavy (non-hydrogen) atoms. The highest BCUT2D eigenvalue weighted by atomic mass is 16.5. The van der Waals surface area contributed by atoms with E-state index in [1.807, 2.05) is 0 Å². The molecule has 5 heteroatoms. The molecule has 0 heterocycles. The third kappa shape index (κ3) is 5.45. The minimum atomic E-state index is -0.216. The zero-order chi connectivity index (χ0) is 15.7. The van der Waals surface area contributed by atoms with E-state index in [-0.39, 0.29) is 11.8 Å². The summed E-state index contributed by atoms with van der Waals surface area (Å²) in [5.74, 6) is 0.931. The van der Waals surface area contributed by atoms with Gasteiger partial charge < -0.3 is 14.2 Å². The SMILES string of the molecule is CCOC(=O)CCCCC(=O)c1ccc(OC)cc1OC. The van der Waals surface area contributed by atoms with Gasteiger partial charge in [-0.1, -0.05) is 0 Å². The highest BCUT2D eigenvalue weighted by Gasteiger charge is 2.13. The lowest BCUT2D eigenvalue weighted by molar-refractivity contribution is -0.143. The first-order chi connectivity index (χ1) is 10.1. The molecule has 0 aliphatic heterocycles. The quantitative estimate of drug-likeness (QED) is 0.398. The summed E-state index contributed by atoms with van der Waals surface area (Å²) < 4.78 is 15.1. The summed E-state index contributed by atoms with van der Waals surface area (Å²) in [5, 5.41) is 0. The zero-order valence-electron chi connectivity index (χ0n) is 12.8. The smallest absolute Gasteiger partial charge is 0.305 e. The normalized spacial score (nSPS) is 10.0. The first-order valence-electron chi connectivity index (χ1n) is 7.03. The molecule has 5 nitrogen and oxygen atoms in total. The van der Waals surface area contributed by atoms with Crippen LogP contribution in [0.3, 0.4) is 0 Å². The van der Waals surface area contributed by atoms with Gasteiger partial charge in [0, 0.05) is 18.9 Å². The van der Waals surface area contributed by atoms with Gasteiger partial charge in [-0.2, -0.15) is 0 Å². The molecule has 0 saturated carbocycles. The van der Waals surface area contributed by atoms with Gasteiger partial charge in [0.2, 0.25) is 0 Å². The number of rotatable bonds is 9. The number of methoxy groups -OCH3 is 2. The van der Waals surface area contributed by atoms with Crippen LogP contribution in [0.2, 0.25) is 0 Å². The van der Waals surface area contributed by atoms with Crippen molar-refractivity contribution in [1.29, 1.82) is 0 Å². The van der Waals surface area contributed by atoms with Crippen LogP contribution in [0.15, 0.2) is 18.2 Å². The molecular formula is C16H22O5. The van der Waals surface area contributed by atoms with Crippen molar-refractivity contribution in [2.24, 2.45) is 0 Å². The van der Waals surface area contributed by atoms with Crippen LogP contribution in [0.4, 0.5) is 0 Å². The van der Waals surface area contributed by atoms with E-state index in [0.717, 1.165) is 0 Å². The van der Waals surface area contributed by atoms with Crippen LogP contribution < -0.4 is 9.47 Å². The predicted octanol–water partition coefficient (Wildman–Crippen LogP) is 3.01. The minimum absolute atomic E-state index is 0.00152. The highest BCUT2D eigenvalue weighted by molar-refractivity contribution is 5.98. The van der Waals surface area contributed by atoms with Crippen LogP contribution in [0.25, 0.3) is 0 Å². The fourth-order valence-electron chi connectivity index (χ4n) is 1.95. The maximum Gasteiger partial charge on any atom is 0.305 e. The average Bonchev–Trinajstić information content (AvgIpc) is 2.50. The predicted molar refractivity (Wildman–Crippen MR) is 79.0 cm³/mol. The maximum atomic E-state index is 12.2. The number of esters is 1. The lowest BCUT2D eigenvalue weighted by Gasteiger charge is -2.09. The third-order valence-electron chi connectivity index (χ3n) is 3.05. The monoisotopic (exact) mass is 294 g/mol. The largest absolute Gasteiger partial charge is 0.497 e. The van der Waals surface area contributed by atoms with E-state index in [1.54, 1.807) is 32.2 Å². The zero-order valence-corrected chi connectivity index (χ0v) is 12.8. The summed E-state index contributed by atoms with van der Waals surface area (Å²) in [4.78, 5) is 23.3. The molecule has 0 amide bonds. The van der Waals surface area contributed by atoms with Gasteiger partial charge in [-0.15, -0.1) is 0 Å². The van der Waals surface area contributed by atoms with E-state index < -0.39 is 0 Å². The van der Waals surface area contributed by atoms with Crippen molar-refractivity contribution in [2.45, 2.75) is 32.6 Å². The Hall–Kier alpha value is -2.04. The van der Waals surface area contributed by atoms with Gasteiger partial charge in [0.05, 0.1) is 26.4 Å². The van der Waals surface area contributed by atoms with Crippen LogP contribution in [0.1, 0.15) is 43.0 Å². The van der Waals surface area contributed by atoms with E-state index >= 15 is 0 Å². The van der Waals surface area contributed by atoms with Gasteiger partial charge in [0.1, 0.15) is 11.5 Å². The number of carbonyl (C=O) groups excluding carboxylic acids is 2. The van der Waals surface area contributed by atoms with Crippen molar-refractivity contribution in [3.63, 3.8) is 0 Å². The Morgan fingerprint density at radius 3 is 2.38 bits per heavy atom. The summed E-state index contributed by atoms with van der Waals surface area (Å²) in [6.45, 7) is 2.16. The summed E-state index contributed by atoms with van der Waals surface area (Å²) >= 11 is 0. The molecule has 0 aliphatic rings. The van der Waals surface area contributed by atoms with E-state index in [1.165, 1.54) is 7.11 Å². The van der Waals surface area contributed by atoms with Crippen molar-refractivity contribution < 1.29 is 23.8 Å². The molecule has 0 aliphatic carbocycles. The number of unbranched alkanes of at least 4 members (excludes halogenated alkanes) is 1. The number of hydrogen-bond donors (Lipinski definition) is 0. The number of ether oxygens (including phenoxy) is 3. The van der Waals surface area contributed by atoms with E-state index in [2.05, 4.69) is 0 Å². The number of Topliss-reactive ketones (excluding diaryl/α,β-unsaturated/α-hetero) is 1. The summed E-state index contributed by atoms with van der Waals surface area (Å²) in [6, 6.07) is 5.12. The number of ketones is 1. The summed E-state index contributed by atoms with van der Waals surface area (Å²) in [7, 11) is 3.08. The Balaban J connectivity index is 2.50. The first-order valence-corrected chi connectivity index (χ1v) is 7.03. The molecule has 0 aromatic heterocycles. The molecule has 0 atom stereocenters. The standard InChI is InChI=1S/C16H22O5/c1-4-21-16(18)8-6-5-7-14(17)13-10-9-12(19-2)11-15(13)20-3/h9-11H,4-8H2,1-3H3. The van der Waals surface area contributed by atoms with Crippen molar-refractivity contribution in [1.82, 2.24) is 0 Å². The Kier molecular flexibility index (Phi) is 7.29. The second-order valence-electron chi connectivity index (χ2n) is 4.50. The van der Waals surface area contributed by atoms with Crippen molar-refractivity contribution >= 4 is 11.8 Å². The molecular weight excluding hydrogens is 272 g/mol. The topological polar surface area (TPSA) is 61.8 Å². The van der Waals surface area contributed by atoms with Gasteiger partial charge in [-0.05, 0) is 31.9 Å². The fraction of sp³-hybridized carbons (Fsp3) is 0.500. The molecule has 1 aromatic carbocycles. The first kappa shape index (κ1) is 17.0. The lowest BCUT2D eigenvalue weighted by Crippen LogP contribution is -2.05. The second-order valence-corrected chi connectivity index (χ2v) is 4.50. The molecule has 0 spiro atoms. The fourth-order valence-corrected chi connectivity index (χ4v) is 1.95. The second kappa shape index (κ2) is 9.00. The Morgan fingerprint density at radius 1 is 1.05 bits per heavy atom. The molecule has 1 rings (SSSR count). The Labute approximate surface area is 125 Å². The Bertz CT molecular complexity index is 482. The van der Waals surface area contributed by atoms with Crippen LogP contribution in [0.5, 0.6) is 11.5 Å². The van der Waals surface area contributed by atoms with Crippen LogP contribution >= 0.6 is 0 Å². The van der Waals surface area contributed by atoms with Crippen molar-refractivity contribution in [2.75, 3.05) is 20.8 Å². The van der Waals surface area contributed by atoms with Crippen LogP contribution in [0, 0.1) is 0 Å². The van der Waals surface area contributed by atoms with Crippen molar-refractivity contribution in [3.05, 3.63) is 23.8 Å².